The average Bonchev–Trinajstić information content (AvgIpc) is 2.86. The van der Waals surface area contributed by atoms with Crippen LogP contribution >= 0.6 is 0 Å². The molecule has 0 spiro atoms. The molecule has 3 aromatic rings. The fourth-order valence-corrected chi connectivity index (χ4v) is 2.62. The van der Waals surface area contributed by atoms with Crippen molar-refractivity contribution in [1.82, 2.24) is 4.98 Å². The molecule has 0 saturated heterocycles. The number of aromatic nitrogens is 1. The summed E-state index contributed by atoms with van der Waals surface area (Å²) in [5, 5.41) is 0.912. The summed E-state index contributed by atoms with van der Waals surface area (Å²) < 4.78 is 28.2. The summed E-state index contributed by atoms with van der Waals surface area (Å²) in [6, 6.07) is 10.3. The summed E-state index contributed by atoms with van der Waals surface area (Å²) in [4.78, 5) is 4.63. The molecule has 0 N–H and O–H groups in total. The lowest BCUT2D eigenvalue weighted by atomic mass is 10.1. The van der Waals surface area contributed by atoms with E-state index in [2.05, 4.69) is 4.98 Å². The zero-order valence-electron chi connectivity index (χ0n) is 10.2. The average molecular weight is 273 g/mol. The van der Waals surface area contributed by atoms with Gasteiger partial charge in [0.15, 0.2) is 9.84 Å². The van der Waals surface area contributed by atoms with E-state index >= 15 is 0 Å². The molecule has 1 aromatic carbocycles. The summed E-state index contributed by atoms with van der Waals surface area (Å²) in [5.74, 6) is 0. The van der Waals surface area contributed by atoms with Gasteiger partial charge in [-0.3, -0.25) is 4.98 Å². The highest BCUT2D eigenvalue weighted by Crippen LogP contribution is 2.27. The minimum atomic E-state index is -3.17. The van der Waals surface area contributed by atoms with Crippen molar-refractivity contribution in [3.8, 4) is 11.3 Å². The van der Waals surface area contributed by atoms with Crippen molar-refractivity contribution >= 4 is 20.8 Å². The Kier molecular flexibility index (Phi) is 2.64. The second kappa shape index (κ2) is 4.20. The number of sulfone groups is 1. The first-order chi connectivity index (χ1) is 9.05. The van der Waals surface area contributed by atoms with E-state index < -0.39 is 9.84 Å². The zero-order valence-corrected chi connectivity index (χ0v) is 11.0. The maximum Gasteiger partial charge on any atom is 0.175 e. The molecule has 19 heavy (non-hydrogen) atoms. The van der Waals surface area contributed by atoms with Crippen LogP contribution in [-0.2, 0) is 9.84 Å². The fraction of sp³-hybridized carbons (Fsp3) is 0.0714. The number of hydrogen-bond donors (Lipinski definition) is 0. The van der Waals surface area contributed by atoms with Gasteiger partial charge in [0.2, 0.25) is 0 Å². The standard InChI is InChI=1S/C14H11NO3S/c1-19(16,17)11-4-2-10(3-5-11)14-12-7-9-18-13(12)6-8-15-14/h2-9H,1H3. The summed E-state index contributed by atoms with van der Waals surface area (Å²) in [6.45, 7) is 0. The van der Waals surface area contributed by atoms with Crippen LogP contribution in [0.2, 0.25) is 0 Å². The molecule has 2 heterocycles. The Balaban J connectivity index is 2.15. The predicted molar refractivity (Wildman–Crippen MR) is 72.6 cm³/mol. The molecule has 0 fully saturated rings. The Morgan fingerprint density at radius 3 is 2.47 bits per heavy atom. The third-order valence-electron chi connectivity index (χ3n) is 2.94. The van der Waals surface area contributed by atoms with Crippen molar-refractivity contribution in [2.24, 2.45) is 0 Å². The Morgan fingerprint density at radius 2 is 1.79 bits per heavy atom. The molecular formula is C14H11NO3S. The fourth-order valence-electron chi connectivity index (χ4n) is 1.98. The molecular weight excluding hydrogens is 262 g/mol. The third-order valence-corrected chi connectivity index (χ3v) is 4.06. The number of pyridine rings is 1. The van der Waals surface area contributed by atoms with Crippen LogP contribution in [0.3, 0.4) is 0 Å². The molecule has 96 valence electrons. The predicted octanol–water partition coefficient (Wildman–Crippen LogP) is 2.90. The zero-order chi connectivity index (χ0) is 13.5. The highest BCUT2D eigenvalue weighted by Gasteiger charge is 2.10. The maximum atomic E-state index is 11.4. The van der Waals surface area contributed by atoms with Crippen molar-refractivity contribution in [2.75, 3.05) is 6.26 Å². The van der Waals surface area contributed by atoms with Crippen molar-refractivity contribution < 1.29 is 12.8 Å². The lowest BCUT2D eigenvalue weighted by Gasteiger charge is -2.03. The van der Waals surface area contributed by atoms with Crippen LogP contribution in [0, 0.1) is 0 Å². The Morgan fingerprint density at radius 1 is 1.05 bits per heavy atom. The van der Waals surface area contributed by atoms with Crippen LogP contribution in [-0.4, -0.2) is 19.7 Å². The maximum absolute atomic E-state index is 11.4. The second-order valence-corrected chi connectivity index (χ2v) is 6.30. The summed E-state index contributed by atoms with van der Waals surface area (Å²) in [5.41, 5.74) is 2.41. The number of nitrogens with zero attached hydrogens (tertiary/aromatic N) is 1. The first-order valence-electron chi connectivity index (χ1n) is 5.68. The van der Waals surface area contributed by atoms with Crippen molar-refractivity contribution in [3.63, 3.8) is 0 Å². The van der Waals surface area contributed by atoms with E-state index in [1.807, 2.05) is 6.07 Å². The van der Waals surface area contributed by atoms with Gasteiger partial charge in [-0.1, -0.05) is 12.1 Å². The molecule has 5 heteroatoms. The second-order valence-electron chi connectivity index (χ2n) is 4.29. The number of benzene rings is 1. The minimum Gasteiger partial charge on any atom is -0.464 e. The molecule has 0 aliphatic rings. The van der Waals surface area contributed by atoms with Crippen LogP contribution in [0.4, 0.5) is 0 Å². The van der Waals surface area contributed by atoms with E-state index in [4.69, 9.17) is 4.42 Å². The molecule has 0 amide bonds. The minimum absolute atomic E-state index is 0.301. The Bertz CT molecular complexity index is 833. The van der Waals surface area contributed by atoms with Gasteiger partial charge in [-0.2, -0.15) is 0 Å². The van der Waals surface area contributed by atoms with Gasteiger partial charge in [0.05, 0.1) is 16.9 Å². The molecule has 2 aromatic heterocycles. The van der Waals surface area contributed by atoms with Crippen LogP contribution in [0.25, 0.3) is 22.2 Å². The monoisotopic (exact) mass is 273 g/mol. The molecule has 0 atom stereocenters. The Labute approximate surface area is 110 Å². The van der Waals surface area contributed by atoms with Gasteiger partial charge in [-0.25, -0.2) is 8.42 Å². The van der Waals surface area contributed by atoms with Gasteiger partial charge in [0.25, 0.3) is 0 Å². The van der Waals surface area contributed by atoms with Crippen molar-refractivity contribution in [3.05, 3.63) is 48.9 Å². The molecule has 0 radical (unpaired) electrons. The summed E-state index contributed by atoms with van der Waals surface area (Å²) >= 11 is 0. The van der Waals surface area contributed by atoms with E-state index in [9.17, 15) is 8.42 Å². The smallest absolute Gasteiger partial charge is 0.175 e. The van der Waals surface area contributed by atoms with E-state index in [1.54, 1.807) is 42.8 Å². The first kappa shape index (κ1) is 11.9. The molecule has 0 saturated carbocycles. The summed E-state index contributed by atoms with van der Waals surface area (Å²) in [7, 11) is -3.17. The van der Waals surface area contributed by atoms with E-state index in [1.165, 1.54) is 6.26 Å². The highest BCUT2D eigenvalue weighted by molar-refractivity contribution is 7.90. The van der Waals surface area contributed by atoms with Gasteiger partial charge in [0.1, 0.15) is 5.58 Å². The summed E-state index contributed by atoms with van der Waals surface area (Å²) in [6.07, 6.45) is 4.48. The van der Waals surface area contributed by atoms with Crippen LogP contribution in [0.15, 0.2) is 58.2 Å². The van der Waals surface area contributed by atoms with Gasteiger partial charge in [-0.15, -0.1) is 0 Å². The van der Waals surface area contributed by atoms with Crippen LogP contribution in [0.5, 0.6) is 0 Å². The molecule has 0 aliphatic carbocycles. The van der Waals surface area contributed by atoms with E-state index in [0.29, 0.717) is 4.90 Å². The van der Waals surface area contributed by atoms with Gasteiger partial charge in [-0.05, 0) is 24.3 Å². The Hall–Kier alpha value is -2.14. The van der Waals surface area contributed by atoms with Crippen molar-refractivity contribution in [1.29, 1.82) is 0 Å². The molecule has 3 rings (SSSR count). The molecule has 4 nitrogen and oxygen atoms in total. The number of furan rings is 1. The normalized spacial score (nSPS) is 11.8. The van der Waals surface area contributed by atoms with Crippen LogP contribution in [0.1, 0.15) is 0 Å². The third kappa shape index (κ3) is 2.13. The lowest BCUT2D eigenvalue weighted by molar-refractivity contribution is 0.602. The number of fused-ring (bicyclic) bond motifs is 1. The van der Waals surface area contributed by atoms with Crippen molar-refractivity contribution in [2.45, 2.75) is 4.90 Å². The molecule has 0 unspecified atom stereocenters. The largest absolute Gasteiger partial charge is 0.464 e. The highest BCUT2D eigenvalue weighted by atomic mass is 32.2. The topological polar surface area (TPSA) is 60.2 Å². The van der Waals surface area contributed by atoms with Gasteiger partial charge < -0.3 is 4.42 Å². The van der Waals surface area contributed by atoms with E-state index in [-0.39, 0.29) is 0 Å². The lowest BCUT2D eigenvalue weighted by Crippen LogP contribution is -1.96. The SMILES string of the molecule is CS(=O)(=O)c1ccc(-c2nccc3occc23)cc1. The first-order valence-corrected chi connectivity index (χ1v) is 7.57. The quantitative estimate of drug-likeness (QED) is 0.720. The molecule has 0 bridgehead atoms. The van der Waals surface area contributed by atoms with Gasteiger partial charge >= 0.3 is 0 Å². The number of rotatable bonds is 2. The van der Waals surface area contributed by atoms with Gasteiger partial charge in [0, 0.05) is 23.4 Å². The van der Waals surface area contributed by atoms with Crippen LogP contribution < -0.4 is 0 Å². The molecule has 0 aliphatic heterocycles. The number of hydrogen-bond acceptors (Lipinski definition) is 4. The van der Waals surface area contributed by atoms with E-state index in [0.717, 1.165) is 22.2 Å².